The van der Waals surface area contributed by atoms with Crippen LogP contribution in [0, 0.1) is 12.3 Å². The van der Waals surface area contributed by atoms with Crippen LogP contribution in [0.2, 0.25) is 0 Å². The number of nitrogens with zero attached hydrogens (tertiary/aromatic N) is 2. The van der Waals surface area contributed by atoms with Crippen LogP contribution in [0.3, 0.4) is 0 Å². The molecule has 0 atom stereocenters. The molecule has 0 saturated heterocycles. The van der Waals surface area contributed by atoms with Crippen LogP contribution in [0.25, 0.3) is 16.8 Å². The average molecular weight is 192 g/mol. The lowest BCUT2D eigenvalue weighted by atomic mass is 10.1. The Labute approximate surface area is 87.8 Å². The van der Waals surface area contributed by atoms with E-state index in [2.05, 4.69) is 29.4 Å². The van der Waals surface area contributed by atoms with E-state index >= 15 is 0 Å². The monoisotopic (exact) mass is 192 g/mol. The Morgan fingerprint density at radius 1 is 1.13 bits per heavy atom. The Bertz CT molecular complexity index is 582. The molecule has 70 valence electrons. The number of benzene rings is 1. The first-order valence-corrected chi connectivity index (χ1v) is 4.76. The molecule has 0 unspecified atom stereocenters. The fraction of sp³-hybridized carbons (Fsp3) is 0. The van der Waals surface area contributed by atoms with Crippen LogP contribution in [0.1, 0.15) is 0 Å². The second-order valence-corrected chi connectivity index (χ2v) is 3.30. The molecule has 0 fully saturated rings. The molecular formula is C13H8N2. The molecule has 1 aromatic carbocycles. The number of hydrogen-bond acceptors (Lipinski definition) is 1. The topological polar surface area (TPSA) is 17.3 Å². The standard InChI is InChI=1S/C13H8N2/c1-2-4-11(5-3-1)12-6-7-13-14-8-9-15(13)10-12/h1-6,8-9H. The van der Waals surface area contributed by atoms with Gasteiger partial charge in [0.1, 0.15) is 5.65 Å². The molecule has 2 heterocycles. The summed E-state index contributed by atoms with van der Waals surface area (Å²) in [5, 5.41) is 0. The van der Waals surface area contributed by atoms with Gasteiger partial charge in [-0.1, -0.05) is 30.3 Å². The van der Waals surface area contributed by atoms with E-state index in [1.165, 1.54) is 0 Å². The molecular weight excluding hydrogens is 184 g/mol. The van der Waals surface area contributed by atoms with Gasteiger partial charge in [-0.15, -0.1) is 0 Å². The summed E-state index contributed by atoms with van der Waals surface area (Å²) in [6, 6.07) is 15.2. The lowest BCUT2D eigenvalue weighted by Crippen LogP contribution is -1.86. The quantitative estimate of drug-likeness (QED) is 0.579. The fourth-order valence-electron chi connectivity index (χ4n) is 1.56. The largest absolute Gasteiger partial charge is 0.297 e. The predicted molar refractivity (Wildman–Crippen MR) is 58.3 cm³/mol. The van der Waals surface area contributed by atoms with Crippen LogP contribution in [-0.2, 0) is 0 Å². The van der Waals surface area contributed by atoms with Gasteiger partial charge in [0.15, 0.2) is 0 Å². The van der Waals surface area contributed by atoms with Crippen molar-refractivity contribution in [1.29, 1.82) is 0 Å². The van der Waals surface area contributed by atoms with E-state index < -0.39 is 0 Å². The Morgan fingerprint density at radius 3 is 2.87 bits per heavy atom. The van der Waals surface area contributed by atoms with Gasteiger partial charge in [0.05, 0.1) is 6.20 Å². The number of hydrogen-bond donors (Lipinski definition) is 0. The number of fused-ring (bicyclic) bond motifs is 1. The van der Waals surface area contributed by atoms with Gasteiger partial charge in [-0.05, 0) is 11.6 Å². The van der Waals surface area contributed by atoms with Crippen molar-refractivity contribution in [3.8, 4) is 11.1 Å². The maximum Gasteiger partial charge on any atom is 0.145 e. The lowest BCUT2D eigenvalue weighted by molar-refractivity contribution is 1.17. The van der Waals surface area contributed by atoms with Gasteiger partial charge in [0.25, 0.3) is 0 Å². The maximum atomic E-state index is 4.13. The van der Waals surface area contributed by atoms with Gasteiger partial charge in [0.2, 0.25) is 0 Å². The SMILES string of the molecule is [c]1cc(-c2ccccc2)[c]n2ccnc12. The molecule has 0 N–H and O–H groups in total. The zero-order valence-electron chi connectivity index (χ0n) is 8.01. The molecule has 2 aromatic heterocycles. The first-order valence-electron chi connectivity index (χ1n) is 4.76. The minimum atomic E-state index is 0.801. The lowest BCUT2D eigenvalue weighted by Gasteiger charge is -2.00. The smallest absolute Gasteiger partial charge is 0.145 e. The molecule has 0 aliphatic carbocycles. The third kappa shape index (κ3) is 1.40. The summed E-state index contributed by atoms with van der Waals surface area (Å²) >= 11 is 0. The van der Waals surface area contributed by atoms with E-state index in [1.54, 1.807) is 6.20 Å². The van der Waals surface area contributed by atoms with Crippen molar-refractivity contribution in [3.05, 3.63) is 61.1 Å². The molecule has 0 spiro atoms. The summed E-state index contributed by atoms with van der Waals surface area (Å²) in [4.78, 5) is 4.13. The molecule has 0 aliphatic heterocycles. The summed E-state index contributed by atoms with van der Waals surface area (Å²) in [6.45, 7) is 0. The van der Waals surface area contributed by atoms with E-state index in [1.807, 2.05) is 34.9 Å². The van der Waals surface area contributed by atoms with E-state index in [-0.39, 0.29) is 0 Å². The highest BCUT2D eigenvalue weighted by molar-refractivity contribution is 5.63. The van der Waals surface area contributed by atoms with Crippen molar-refractivity contribution < 1.29 is 0 Å². The Hall–Kier alpha value is -2.09. The van der Waals surface area contributed by atoms with Crippen LogP contribution in [-0.4, -0.2) is 9.38 Å². The van der Waals surface area contributed by atoms with Crippen molar-refractivity contribution in [2.75, 3.05) is 0 Å². The summed E-state index contributed by atoms with van der Waals surface area (Å²) in [5.74, 6) is 0. The van der Waals surface area contributed by atoms with Gasteiger partial charge < -0.3 is 0 Å². The third-order valence-electron chi connectivity index (χ3n) is 2.31. The first-order chi connectivity index (χ1) is 7.43. The van der Waals surface area contributed by atoms with Gasteiger partial charge in [-0.2, -0.15) is 0 Å². The third-order valence-corrected chi connectivity index (χ3v) is 2.31. The van der Waals surface area contributed by atoms with Crippen LogP contribution in [0.4, 0.5) is 0 Å². The van der Waals surface area contributed by atoms with E-state index in [9.17, 15) is 0 Å². The summed E-state index contributed by atoms with van der Waals surface area (Å²) in [7, 11) is 0. The molecule has 3 aromatic rings. The van der Waals surface area contributed by atoms with E-state index in [4.69, 9.17) is 0 Å². The Kier molecular flexibility index (Phi) is 1.78. The first kappa shape index (κ1) is 8.24. The highest BCUT2D eigenvalue weighted by atomic mass is 15.0. The normalized spacial score (nSPS) is 10.7. The van der Waals surface area contributed by atoms with E-state index in [0.29, 0.717) is 0 Å². The number of pyridine rings is 1. The van der Waals surface area contributed by atoms with Crippen molar-refractivity contribution in [2.24, 2.45) is 0 Å². The molecule has 0 aliphatic rings. The highest BCUT2D eigenvalue weighted by Crippen LogP contribution is 2.17. The second kappa shape index (κ2) is 3.24. The van der Waals surface area contributed by atoms with Gasteiger partial charge in [0, 0.05) is 24.0 Å². The van der Waals surface area contributed by atoms with Gasteiger partial charge in [-0.3, -0.25) is 4.40 Å². The predicted octanol–water partition coefficient (Wildman–Crippen LogP) is 2.60. The fourth-order valence-corrected chi connectivity index (χ4v) is 1.56. The highest BCUT2D eigenvalue weighted by Gasteiger charge is 1.99. The molecule has 2 nitrogen and oxygen atoms in total. The van der Waals surface area contributed by atoms with Crippen LogP contribution in [0.5, 0.6) is 0 Å². The summed E-state index contributed by atoms with van der Waals surface area (Å²) in [6.07, 6.45) is 6.87. The molecule has 3 rings (SSSR count). The second-order valence-electron chi connectivity index (χ2n) is 3.30. The summed E-state index contributed by atoms with van der Waals surface area (Å²) in [5.41, 5.74) is 2.97. The van der Waals surface area contributed by atoms with Gasteiger partial charge >= 0.3 is 0 Å². The summed E-state index contributed by atoms with van der Waals surface area (Å²) < 4.78 is 1.85. The minimum Gasteiger partial charge on any atom is -0.297 e. The Morgan fingerprint density at radius 2 is 2.00 bits per heavy atom. The molecule has 15 heavy (non-hydrogen) atoms. The van der Waals surface area contributed by atoms with Gasteiger partial charge in [-0.25, -0.2) is 4.98 Å². The molecule has 2 heteroatoms. The Balaban J connectivity index is 2.19. The van der Waals surface area contributed by atoms with Crippen molar-refractivity contribution in [3.63, 3.8) is 0 Å². The minimum absolute atomic E-state index is 0.801. The van der Waals surface area contributed by atoms with Crippen molar-refractivity contribution in [2.45, 2.75) is 0 Å². The van der Waals surface area contributed by atoms with E-state index in [0.717, 1.165) is 16.8 Å². The number of aromatic nitrogens is 2. The van der Waals surface area contributed by atoms with Crippen molar-refractivity contribution in [1.82, 2.24) is 9.38 Å². The maximum absolute atomic E-state index is 4.13. The van der Waals surface area contributed by atoms with Crippen LogP contribution >= 0.6 is 0 Å². The number of rotatable bonds is 1. The molecule has 0 bridgehead atoms. The average Bonchev–Trinajstić information content (AvgIpc) is 2.77. The number of imidazole rings is 1. The molecule has 0 saturated carbocycles. The van der Waals surface area contributed by atoms with Crippen molar-refractivity contribution >= 4 is 5.65 Å². The zero-order valence-corrected chi connectivity index (χ0v) is 8.01. The molecule has 2 radical (unpaired) electrons. The van der Waals surface area contributed by atoms with Crippen LogP contribution < -0.4 is 0 Å². The zero-order chi connectivity index (χ0) is 10.1. The molecule has 0 amide bonds. The van der Waals surface area contributed by atoms with Crippen LogP contribution in [0.15, 0.2) is 48.8 Å².